The van der Waals surface area contributed by atoms with Gasteiger partial charge < -0.3 is 5.11 Å². The van der Waals surface area contributed by atoms with Gasteiger partial charge in [0.25, 0.3) is 0 Å². The van der Waals surface area contributed by atoms with Crippen LogP contribution >= 0.6 is 8.03 Å². The molecule has 0 aliphatic heterocycles. The Morgan fingerprint density at radius 2 is 2.08 bits per heavy atom. The highest BCUT2D eigenvalue weighted by Crippen LogP contribution is 2.28. The minimum Gasteiger partial charge on any atom is -0.396 e. The van der Waals surface area contributed by atoms with Crippen molar-refractivity contribution in [2.75, 3.05) is 19.9 Å². The highest BCUT2D eigenvalue weighted by Gasteiger charge is 2.40. The summed E-state index contributed by atoms with van der Waals surface area (Å²) in [5.41, 5.74) is 0. The van der Waals surface area contributed by atoms with Gasteiger partial charge in [0.2, 0.25) is 0 Å². The first-order valence-electron chi connectivity index (χ1n) is 3.09. The van der Waals surface area contributed by atoms with E-state index >= 15 is 0 Å². The van der Waals surface area contributed by atoms with Gasteiger partial charge in [-0.3, -0.25) is 0 Å². The fourth-order valence-electron chi connectivity index (χ4n) is 0.446. The third kappa shape index (κ3) is 4.64. The minimum absolute atomic E-state index is 0.758. The molecule has 0 spiro atoms. The first-order chi connectivity index (χ1) is 5.38. The molecule has 2 atom stereocenters. The number of halogens is 3. The monoisotopic (exact) mass is 205 g/mol. The molecule has 2 unspecified atom stereocenters. The molecule has 0 aromatic heterocycles. The third-order valence-electron chi connectivity index (χ3n) is 1.14. The predicted octanol–water partition coefficient (Wildman–Crippen LogP) is 1.55. The summed E-state index contributed by atoms with van der Waals surface area (Å²) in [5, 5.41) is 8.28. The van der Waals surface area contributed by atoms with Gasteiger partial charge >= 0.3 is 14.2 Å². The topological polar surface area (TPSA) is 46.5 Å². The Morgan fingerprint density at radius 1 is 1.58 bits per heavy atom. The number of hydrogen-bond donors (Lipinski definition) is 1. The zero-order chi connectivity index (χ0) is 9.78. The van der Waals surface area contributed by atoms with Crippen LogP contribution in [0.15, 0.2) is 0 Å². The highest BCUT2D eigenvalue weighted by atomic mass is 31.1. The quantitative estimate of drug-likeness (QED) is 0.708. The van der Waals surface area contributed by atoms with Crippen molar-refractivity contribution in [3.8, 4) is 0 Å². The van der Waals surface area contributed by atoms with Crippen molar-refractivity contribution in [2.45, 2.75) is 6.18 Å². The molecule has 0 amide bonds. The molecule has 1 N–H and O–H groups in total. The van der Waals surface area contributed by atoms with Gasteiger partial charge in [0.15, 0.2) is 6.66 Å². The smallest absolute Gasteiger partial charge is 0.396 e. The molecule has 3 nitrogen and oxygen atoms in total. The van der Waals surface area contributed by atoms with Crippen LogP contribution in [0.3, 0.4) is 0 Å². The highest BCUT2D eigenvalue weighted by molar-refractivity contribution is 7.38. The second-order valence-electron chi connectivity index (χ2n) is 2.16. The average molecular weight is 205 g/mol. The van der Waals surface area contributed by atoms with Crippen molar-refractivity contribution in [1.82, 2.24) is 0 Å². The predicted molar refractivity (Wildman–Crippen MR) is 36.1 cm³/mol. The summed E-state index contributed by atoms with van der Waals surface area (Å²) in [6.45, 7) is -0.654. The van der Waals surface area contributed by atoms with Crippen LogP contribution in [0.4, 0.5) is 13.2 Å². The Bertz CT molecular complexity index is 159. The number of alkyl halides is 3. The number of aliphatic hydroxyl groups excluding tert-OH is 1. The largest absolute Gasteiger partial charge is 0.504 e. The van der Waals surface area contributed by atoms with Gasteiger partial charge in [-0.2, -0.15) is 13.2 Å². The molecular formula is C5H9F3O3P+. The zero-order valence-electron chi connectivity index (χ0n) is 6.34. The first kappa shape index (κ1) is 11.8. The molecule has 12 heavy (non-hydrogen) atoms. The molecule has 0 heterocycles. The summed E-state index contributed by atoms with van der Waals surface area (Å²) >= 11 is 0. The molecular weight excluding hydrogens is 196 g/mol. The van der Waals surface area contributed by atoms with Crippen LogP contribution in [0.25, 0.3) is 0 Å². The van der Waals surface area contributed by atoms with Crippen molar-refractivity contribution < 1.29 is 27.4 Å². The van der Waals surface area contributed by atoms with E-state index in [2.05, 4.69) is 4.52 Å². The van der Waals surface area contributed by atoms with Crippen LogP contribution < -0.4 is 0 Å². The molecule has 0 aromatic rings. The number of aliphatic hydroxyl groups is 1. The molecule has 0 rings (SSSR count). The maximum atomic E-state index is 11.8. The minimum atomic E-state index is -4.50. The lowest BCUT2D eigenvalue weighted by Gasteiger charge is -2.14. The standard InChI is InChI=1S/C5H9F3O3P/c1-12(10)11-3-4(2-9)5(6,7)8/h4,9H,2-3H2,1H3/q+1. The van der Waals surface area contributed by atoms with Crippen LogP contribution in [0, 0.1) is 5.92 Å². The SMILES string of the molecule is C[P+](=O)OCC(CO)C(F)(F)F. The average Bonchev–Trinajstić information content (AvgIpc) is 1.85. The Morgan fingerprint density at radius 3 is 2.33 bits per heavy atom. The van der Waals surface area contributed by atoms with E-state index in [-0.39, 0.29) is 0 Å². The van der Waals surface area contributed by atoms with E-state index in [0.29, 0.717) is 0 Å². The van der Waals surface area contributed by atoms with E-state index < -0.39 is 33.3 Å². The normalized spacial score (nSPS) is 15.9. The zero-order valence-corrected chi connectivity index (χ0v) is 7.23. The molecule has 0 fully saturated rings. The van der Waals surface area contributed by atoms with E-state index in [1.807, 2.05) is 0 Å². The lowest BCUT2D eigenvalue weighted by atomic mass is 10.2. The fourth-order valence-corrected chi connectivity index (χ4v) is 0.836. The maximum absolute atomic E-state index is 11.8. The summed E-state index contributed by atoms with van der Waals surface area (Å²) in [4.78, 5) is 0. The van der Waals surface area contributed by atoms with E-state index in [1.165, 1.54) is 0 Å². The van der Waals surface area contributed by atoms with Crippen molar-refractivity contribution in [3.05, 3.63) is 0 Å². The molecule has 72 valence electrons. The van der Waals surface area contributed by atoms with Crippen LogP contribution in [0.1, 0.15) is 0 Å². The van der Waals surface area contributed by atoms with Gasteiger partial charge in [0.05, 0.1) is 6.61 Å². The lowest BCUT2D eigenvalue weighted by molar-refractivity contribution is -0.190. The molecule has 7 heteroatoms. The van der Waals surface area contributed by atoms with Crippen molar-refractivity contribution >= 4 is 8.03 Å². The van der Waals surface area contributed by atoms with Gasteiger partial charge in [-0.1, -0.05) is 0 Å². The van der Waals surface area contributed by atoms with Gasteiger partial charge in [0.1, 0.15) is 12.5 Å². The first-order valence-corrected chi connectivity index (χ1v) is 4.71. The summed E-state index contributed by atoms with van der Waals surface area (Å²) in [7, 11) is -2.05. The van der Waals surface area contributed by atoms with Crippen molar-refractivity contribution in [3.63, 3.8) is 0 Å². The molecule has 0 saturated carbocycles. The number of rotatable bonds is 4. The van der Waals surface area contributed by atoms with Gasteiger partial charge in [-0.05, 0) is 4.57 Å². The summed E-state index contributed by atoms with van der Waals surface area (Å²) in [5.74, 6) is -1.95. The molecule has 0 aliphatic rings. The van der Waals surface area contributed by atoms with Gasteiger partial charge in [0, 0.05) is 0 Å². The fraction of sp³-hybridized carbons (Fsp3) is 1.00. The summed E-state index contributed by atoms with van der Waals surface area (Å²) in [6.07, 6.45) is -4.50. The summed E-state index contributed by atoms with van der Waals surface area (Å²) < 4.78 is 50.0. The van der Waals surface area contributed by atoms with Gasteiger partial charge in [-0.15, -0.1) is 4.52 Å². The second-order valence-corrected chi connectivity index (χ2v) is 3.29. The Kier molecular flexibility index (Phi) is 4.67. The lowest BCUT2D eigenvalue weighted by Crippen LogP contribution is -2.29. The van der Waals surface area contributed by atoms with E-state index in [0.717, 1.165) is 6.66 Å². The summed E-state index contributed by atoms with van der Waals surface area (Å²) in [6, 6.07) is 0. The Hall–Kier alpha value is -0.190. The Labute approximate surface area is 68.4 Å². The van der Waals surface area contributed by atoms with E-state index in [9.17, 15) is 17.7 Å². The maximum Gasteiger partial charge on any atom is 0.504 e. The van der Waals surface area contributed by atoms with Crippen molar-refractivity contribution in [2.24, 2.45) is 5.92 Å². The Balaban J connectivity index is 3.92. The van der Waals surface area contributed by atoms with Gasteiger partial charge in [-0.25, -0.2) is 0 Å². The van der Waals surface area contributed by atoms with E-state index in [4.69, 9.17) is 5.11 Å². The second kappa shape index (κ2) is 4.74. The van der Waals surface area contributed by atoms with Crippen LogP contribution in [0.2, 0.25) is 0 Å². The molecule has 0 radical (unpaired) electrons. The molecule has 0 aromatic carbocycles. The third-order valence-corrected chi connectivity index (χ3v) is 1.65. The van der Waals surface area contributed by atoms with Crippen molar-refractivity contribution in [1.29, 1.82) is 0 Å². The van der Waals surface area contributed by atoms with Crippen LogP contribution in [-0.2, 0) is 9.09 Å². The molecule has 0 saturated heterocycles. The van der Waals surface area contributed by atoms with Crippen LogP contribution in [-0.4, -0.2) is 31.2 Å². The number of hydrogen-bond acceptors (Lipinski definition) is 3. The van der Waals surface area contributed by atoms with E-state index in [1.54, 1.807) is 0 Å². The van der Waals surface area contributed by atoms with Crippen LogP contribution in [0.5, 0.6) is 0 Å². The molecule has 0 bridgehead atoms. The molecule has 0 aliphatic carbocycles.